The predicted molar refractivity (Wildman–Crippen MR) is 72.4 cm³/mol. The van der Waals surface area contributed by atoms with E-state index in [2.05, 4.69) is 6.58 Å². The van der Waals surface area contributed by atoms with Crippen molar-refractivity contribution in [2.75, 3.05) is 27.5 Å². The Kier molecular flexibility index (Phi) is 5.76. The summed E-state index contributed by atoms with van der Waals surface area (Å²) in [5.74, 6) is 0.282. The SMILES string of the molecule is C=Cc1cc(OC)c(OCCCF)c(OC)c1[N+](=O)[O-]. The molecule has 0 saturated heterocycles. The molecule has 0 unspecified atom stereocenters. The molecule has 0 atom stereocenters. The summed E-state index contributed by atoms with van der Waals surface area (Å²) in [5.41, 5.74) is -0.0138. The summed E-state index contributed by atoms with van der Waals surface area (Å²) in [5, 5.41) is 11.2. The number of halogens is 1. The Morgan fingerprint density at radius 3 is 2.55 bits per heavy atom. The van der Waals surface area contributed by atoms with Gasteiger partial charge in [0.15, 0.2) is 5.75 Å². The molecule has 20 heavy (non-hydrogen) atoms. The predicted octanol–water partition coefficient (Wildman–Crippen LogP) is 2.99. The third kappa shape index (κ3) is 3.17. The number of methoxy groups -OCH3 is 2. The normalized spacial score (nSPS) is 9.95. The summed E-state index contributed by atoms with van der Waals surface area (Å²) in [6.07, 6.45) is 1.50. The molecule has 0 fully saturated rings. The molecule has 6 nitrogen and oxygen atoms in total. The highest BCUT2D eigenvalue weighted by atomic mass is 19.1. The summed E-state index contributed by atoms with van der Waals surface area (Å²) in [6.45, 7) is 3.04. The van der Waals surface area contributed by atoms with Crippen molar-refractivity contribution in [3.8, 4) is 17.2 Å². The first-order valence-electron chi connectivity index (χ1n) is 5.85. The van der Waals surface area contributed by atoms with Crippen LogP contribution in [0.15, 0.2) is 12.6 Å². The van der Waals surface area contributed by atoms with Gasteiger partial charge in [0.1, 0.15) is 0 Å². The zero-order valence-electron chi connectivity index (χ0n) is 11.3. The van der Waals surface area contributed by atoms with Crippen molar-refractivity contribution in [1.82, 2.24) is 0 Å². The fourth-order valence-electron chi connectivity index (χ4n) is 1.68. The average Bonchev–Trinajstić information content (AvgIpc) is 2.45. The number of benzene rings is 1. The van der Waals surface area contributed by atoms with E-state index < -0.39 is 11.6 Å². The summed E-state index contributed by atoms with van der Waals surface area (Å²) >= 11 is 0. The highest BCUT2D eigenvalue weighted by Gasteiger charge is 2.28. The van der Waals surface area contributed by atoms with Gasteiger partial charge in [-0.25, -0.2) is 0 Å². The van der Waals surface area contributed by atoms with Gasteiger partial charge >= 0.3 is 5.69 Å². The van der Waals surface area contributed by atoms with Crippen LogP contribution in [0.4, 0.5) is 10.1 Å². The Morgan fingerprint density at radius 1 is 1.40 bits per heavy atom. The fourth-order valence-corrected chi connectivity index (χ4v) is 1.68. The summed E-state index contributed by atoms with van der Waals surface area (Å²) in [6, 6.07) is 1.43. The number of nitro benzene ring substituents is 1. The van der Waals surface area contributed by atoms with Crippen molar-refractivity contribution in [3.05, 3.63) is 28.3 Å². The van der Waals surface area contributed by atoms with Crippen molar-refractivity contribution in [2.45, 2.75) is 6.42 Å². The Labute approximate surface area is 115 Å². The molecule has 0 aliphatic heterocycles. The summed E-state index contributed by atoms with van der Waals surface area (Å²) in [4.78, 5) is 10.6. The highest BCUT2D eigenvalue weighted by Crippen LogP contribution is 2.46. The lowest BCUT2D eigenvalue weighted by Gasteiger charge is -2.15. The van der Waals surface area contributed by atoms with Gasteiger partial charge in [-0.05, 0) is 6.07 Å². The molecule has 0 amide bonds. The number of alkyl halides is 1. The van der Waals surface area contributed by atoms with Crippen LogP contribution in [0.2, 0.25) is 0 Å². The van der Waals surface area contributed by atoms with Gasteiger partial charge in [0.05, 0.1) is 38.0 Å². The maximum Gasteiger partial charge on any atom is 0.322 e. The van der Waals surface area contributed by atoms with E-state index in [1.54, 1.807) is 0 Å². The maximum absolute atomic E-state index is 12.1. The molecule has 0 aliphatic carbocycles. The molecule has 0 aromatic heterocycles. The van der Waals surface area contributed by atoms with Gasteiger partial charge in [-0.3, -0.25) is 14.5 Å². The lowest BCUT2D eigenvalue weighted by Crippen LogP contribution is -2.05. The Balaban J connectivity index is 3.41. The van der Waals surface area contributed by atoms with Crippen molar-refractivity contribution in [3.63, 3.8) is 0 Å². The van der Waals surface area contributed by atoms with Crippen LogP contribution in [0.5, 0.6) is 17.2 Å². The van der Waals surface area contributed by atoms with Crippen molar-refractivity contribution < 1.29 is 23.5 Å². The van der Waals surface area contributed by atoms with Crippen LogP contribution in [-0.4, -0.2) is 32.4 Å². The van der Waals surface area contributed by atoms with E-state index in [9.17, 15) is 14.5 Å². The van der Waals surface area contributed by atoms with Crippen LogP contribution < -0.4 is 14.2 Å². The van der Waals surface area contributed by atoms with Gasteiger partial charge in [-0.1, -0.05) is 12.7 Å². The van der Waals surface area contributed by atoms with E-state index in [-0.39, 0.29) is 41.5 Å². The van der Waals surface area contributed by atoms with E-state index in [1.165, 1.54) is 26.4 Å². The first kappa shape index (κ1) is 15.7. The van der Waals surface area contributed by atoms with Crippen molar-refractivity contribution in [1.29, 1.82) is 0 Å². The van der Waals surface area contributed by atoms with Gasteiger partial charge < -0.3 is 14.2 Å². The first-order valence-corrected chi connectivity index (χ1v) is 5.85. The largest absolute Gasteiger partial charge is 0.493 e. The molecule has 110 valence electrons. The third-order valence-corrected chi connectivity index (χ3v) is 2.56. The average molecular weight is 285 g/mol. The molecule has 7 heteroatoms. The Bertz CT molecular complexity index is 504. The van der Waals surface area contributed by atoms with E-state index in [4.69, 9.17) is 14.2 Å². The van der Waals surface area contributed by atoms with Crippen LogP contribution in [0.25, 0.3) is 6.08 Å². The first-order chi connectivity index (χ1) is 9.60. The van der Waals surface area contributed by atoms with Gasteiger partial charge in [0.2, 0.25) is 11.5 Å². The Morgan fingerprint density at radius 2 is 2.10 bits per heavy atom. The van der Waals surface area contributed by atoms with Gasteiger partial charge in [-0.15, -0.1) is 0 Å². The molecular weight excluding hydrogens is 269 g/mol. The fraction of sp³-hybridized carbons (Fsp3) is 0.385. The number of rotatable bonds is 8. The van der Waals surface area contributed by atoms with E-state index in [0.717, 1.165) is 0 Å². The molecule has 1 aromatic rings. The second-order valence-corrected chi connectivity index (χ2v) is 3.73. The molecule has 1 aromatic carbocycles. The molecule has 0 spiro atoms. The molecule has 0 saturated carbocycles. The van der Waals surface area contributed by atoms with Crippen molar-refractivity contribution in [2.24, 2.45) is 0 Å². The highest BCUT2D eigenvalue weighted by molar-refractivity contribution is 5.73. The van der Waals surface area contributed by atoms with Gasteiger partial charge in [-0.2, -0.15) is 0 Å². The smallest absolute Gasteiger partial charge is 0.322 e. The Hall–Kier alpha value is -2.31. The van der Waals surface area contributed by atoms with Crippen LogP contribution in [-0.2, 0) is 0 Å². The van der Waals surface area contributed by atoms with Crippen molar-refractivity contribution >= 4 is 11.8 Å². The number of hydrogen-bond donors (Lipinski definition) is 0. The second-order valence-electron chi connectivity index (χ2n) is 3.73. The maximum atomic E-state index is 12.1. The topological polar surface area (TPSA) is 70.8 Å². The lowest BCUT2D eigenvalue weighted by atomic mass is 10.1. The molecule has 1 rings (SSSR count). The summed E-state index contributed by atoms with van der Waals surface area (Å²) in [7, 11) is 2.69. The quantitative estimate of drug-likeness (QED) is 0.417. The van der Waals surface area contributed by atoms with Crippen LogP contribution >= 0.6 is 0 Å². The van der Waals surface area contributed by atoms with Crippen LogP contribution in [0.1, 0.15) is 12.0 Å². The number of ether oxygens (including phenoxy) is 3. The van der Waals surface area contributed by atoms with Crippen LogP contribution in [0, 0.1) is 10.1 Å². The zero-order chi connectivity index (χ0) is 15.1. The van der Waals surface area contributed by atoms with E-state index >= 15 is 0 Å². The minimum absolute atomic E-state index is 0.0633. The van der Waals surface area contributed by atoms with Gasteiger partial charge in [0.25, 0.3) is 0 Å². The minimum Gasteiger partial charge on any atom is -0.493 e. The second kappa shape index (κ2) is 7.32. The standard InChI is InChI=1S/C13H16FNO5/c1-4-9-8-10(18-2)12(20-7-5-6-14)13(19-3)11(9)15(16)17/h4,8H,1,5-7H2,2-3H3. The molecule has 0 heterocycles. The molecule has 0 radical (unpaired) electrons. The molecule has 0 N–H and O–H groups in total. The summed E-state index contributed by atoms with van der Waals surface area (Å²) < 4.78 is 27.7. The zero-order valence-corrected chi connectivity index (χ0v) is 11.3. The van der Waals surface area contributed by atoms with E-state index in [1.807, 2.05) is 0 Å². The van der Waals surface area contributed by atoms with Gasteiger partial charge in [0, 0.05) is 6.42 Å². The lowest BCUT2D eigenvalue weighted by molar-refractivity contribution is -0.386. The molecule has 0 bridgehead atoms. The monoisotopic (exact) mass is 285 g/mol. The number of nitro groups is 1. The molecular formula is C13H16FNO5. The van der Waals surface area contributed by atoms with Crippen LogP contribution in [0.3, 0.4) is 0 Å². The number of hydrogen-bond acceptors (Lipinski definition) is 5. The van der Waals surface area contributed by atoms with E-state index in [0.29, 0.717) is 0 Å². The molecule has 0 aliphatic rings. The third-order valence-electron chi connectivity index (χ3n) is 2.56. The number of nitrogens with zero attached hydrogens (tertiary/aromatic N) is 1. The minimum atomic E-state index is -0.586.